The first-order valence-corrected chi connectivity index (χ1v) is 6.99. The van der Waals surface area contributed by atoms with E-state index in [0.29, 0.717) is 0 Å². The molecule has 1 N–H and O–H groups in total. The van der Waals surface area contributed by atoms with E-state index >= 15 is 0 Å². The molecule has 3 aromatic rings. The highest BCUT2D eigenvalue weighted by molar-refractivity contribution is 5.69. The summed E-state index contributed by atoms with van der Waals surface area (Å²) >= 11 is 0. The first-order valence-electron chi connectivity index (χ1n) is 6.99. The van der Waals surface area contributed by atoms with Gasteiger partial charge in [-0.25, -0.2) is 4.98 Å². The molecule has 1 unspecified atom stereocenters. The van der Waals surface area contributed by atoms with Gasteiger partial charge in [-0.1, -0.05) is 12.2 Å². The second-order valence-electron chi connectivity index (χ2n) is 4.83. The van der Waals surface area contributed by atoms with Crippen molar-refractivity contribution >= 4 is 12.2 Å². The summed E-state index contributed by atoms with van der Waals surface area (Å²) in [4.78, 5) is 15.3. The Kier molecular flexibility index (Phi) is 4.25. The van der Waals surface area contributed by atoms with Crippen molar-refractivity contribution in [1.29, 1.82) is 0 Å². The highest BCUT2D eigenvalue weighted by atomic mass is 16.5. The number of nitrogens with one attached hydrogen (secondary N) is 1. The van der Waals surface area contributed by atoms with Gasteiger partial charge >= 0.3 is 0 Å². The Morgan fingerprint density at radius 3 is 2.59 bits per heavy atom. The van der Waals surface area contributed by atoms with Crippen LogP contribution in [-0.4, -0.2) is 19.9 Å². The lowest BCUT2D eigenvalue weighted by Gasteiger charge is -2.12. The summed E-state index contributed by atoms with van der Waals surface area (Å²) in [6, 6.07) is 5.85. The SMILES string of the molecule is CC(Oc1cncc(C=Cc2ccncc2)c1)c1cnc[nH]1. The maximum Gasteiger partial charge on any atom is 0.139 e. The molecule has 5 nitrogen and oxygen atoms in total. The van der Waals surface area contributed by atoms with Crippen LogP contribution in [-0.2, 0) is 0 Å². The van der Waals surface area contributed by atoms with Crippen LogP contribution in [0.5, 0.6) is 5.75 Å². The van der Waals surface area contributed by atoms with E-state index in [1.54, 1.807) is 37.3 Å². The van der Waals surface area contributed by atoms with Gasteiger partial charge in [0.1, 0.15) is 11.9 Å². The fraction of sp³-hybridized carbons (Fsp3) is 0.118. The van der Waals surface area contributed by atoms with Gasteiger partial charge in [0.25, 0.3) is 0 Å². The number of aromatic nitrogens is 4. The van der Waals surface area contributed by atoms with E-state index in [1.807, 2.05) is 37.3 Å². The van der Waals surface area contributed by atoms with Crippen molar-refractivity contribution in [2.24, 2.45) is 0 Å². The van der Waals surface area contributed by atoms with Crippen LogP contribution >= 0.6 is 0 Å². The van der Waals surface area contributed by atoms with Gasteiger partial charge in [0.05, 0.1) is 24.4 Å². The van der Waals surface area contributed by atoms with E-state index in [2.05, 4.69) is 19.9 Å². The van der Waals surface area contributed by atoms with Gasteiger partial charge in [0, 0.05) is 18.6 Å². The molecule has 3 aromatic heterocycles. The van der Waals surface area contributed by atoms with Crippen molar-refractivity contribution in [2.45, 2.75) is 13.0 Å². The Hall–Kier alpha value is -2.95. The number of rotatable bonds is 5. The molecule has 5 heteroatoms. The zero-order chi connectivity index (χ0) is 15.2. The predicted octanol–water partition coefficient (Wildman–Crippen LogP) is 3.51. The van der Waals surface area contributed by atoms with Gasteiger partial charge in [-0.05, 0) is 36.2 Å². The number of aromatic amines is 1. The van der Waals surface area contributed by atoms with Crippen LogP contribution in [0.3, 0.4) is 0 Å². The fourth-order valence-corrected chi connectivity index (χ4v) is 2.01. The summed E-state index contributed by atoms with van der Waals surface area (Å²) in [5.74, 6) is 0.721. The number of imidazole rings is 1. The summed E-state index contributed by atoms with van der Waals surface area (Å²) in [6.45, 7) is 1.97. The minimum atomic E-state index is -0.108. The quantitative estimate of drug-likeness (QED) is 0.781. The molecule has 3 rings (SSSR count). The van der Waals surface area contributed by atoms with E-state index in [0.717, 1.165) is 22.6 Å². The lowest BCUT2D eigenvalue weighted by atomic mass is 10.2. The molecule has 0 bridgehead atoms. The van der Waals surface area contributed by atoms with Crippen molar-refractivity contribution in [1.82, 2.24) is 19.9 Å². The number of hydrogen-bond donors (Lipinski definition) is 1. The third-order valence-electron chi connectivity index (χ3n) is 3.18. The van der Waals surface area contributed by atoms with Crippen molar-refractivity contribution in [3.63, 3.8) is 0 Å². The summed E-state index contributed by atoms with van der Waals surface area (Å²) in [5.41, 5.74) is 3.00. The molecule has 0 spiro atoms. The van der Waals surface area contributed by atoms with Gasteiger partial charge < -0.3 is 9.72 Å². The largest absolute Gasteiger partial charge is 0.483 e. The fourth-order valence-electron chi connectivity index (χ4n) is 2.01. The van der Waals surface area contributed by atoms with Crippen molar-refractivity contribution < 1.29 is 4.74 Å². The molecule has 0 fully saturated rings. The molecule has 0 aromatic carbocycles. The first-order chi connectivity index (χ1) is 10.8. The minimum absolute atomic E-state index is 0.108. The van der Waals surface area contributed by atoms with Gasteiger partial charge in [-0.2, -0.15) is 0 Å². The summed E-state index contributed by atoms with van der Waals surface area (Å²) < 4.78 is 5.87. The van der Waals surface area contributed by atoms with Crippen LogP contribution in [0.15, 0.2) is 55.5 Å². The molecule has 0 radical (unpaired) electrons. The Bertz CT molecular complexity index is 738. The van der Waals surface area contributed by atoms with E-state index in [-0.39, 0.29) is 6.10 Å². The van der Waals surface area contributed by atoms with Gasteiger partial charge in [-0.3, -0.25) is 9.97 Å². The monoisotopic (exact) mass is 292 g/mol. The average molecular weight is 292 g/mol. The summed E-state index contributed by atoms with van der Waals surface area (Å²) in [7, 11) is 0. The molecule has 0 aliphatic carbocycles. The maximum atomic E-state index is 5.87. The smallest absolute Gasteiger partial charge is 0.139 e. The van der Waals surface area contributed by atoms with Gasteiger partial charge in [0.2, 0.25) is 0 Å². The normalized spacial score (nSPS) is 12.4. The van der Waals surface area contributed by atoms with E-state index in [1.165, 1.54) is 0 Å². The number of pyridine rings is 2. The van der Waals surface area contributed by atoms with Crippen LogP contribution in [0.2, 0.25) is 0 Å². The number of ether oxygens (including phenoxy) is 1. The molecule has 0 aliphatic heterocycles. The number of hydrogen-bond acceptors (Lipinski definition) is 4. The second-order valence-corrected chi connectivity index (χ2v) is 4.83. The molecule has 0 saturated carbocycles. The molecule has 0 saturated heterocycles. The molecule has 1 atom stereocenters. The highest BCUT2D eigenvalue weighted by Crippen LogP contribution is 2.20. The van der Waals surface area contributed by atoms with Crippen LogP contribution in [0.25, 0.3) is 12.2 Å². The average Bonchev–Trinajstić information content (AvgIpc) is 3.09. The van der Waals surface area contributed by atoms with E-state index in [9.17, 15) is 0 Å². The van der Waals surface area contributed by atoms with Gasteiger partial charge in [-0.15, -0.1) is 0 Å². The molecule has 3 heterocycles. The highest BCUT2D eigenvalue weighted by Gasteiger charge is 2.08. The van der Waals surface area contributed by atoms with Crippen molar-refractivity contribution in [3.8, 4) is 5.75 Å². The lowest BCUT2D eigenvalue weighted by molar-refractivity contribution is 0.221. The molecular weight excluding hydrogens is 276 g/mol. The molecule has 0 aliphatic rings. The Morgan fingerprint density at radius 2 is 1.82 bits per heavy atom. The zero-order valence-corrected chi connectivity index (χ0v) is 12.2. The number of nitrogens with zero attached hydrogens (tertiary/aromatic N) is 3. The third kappa shape index (κ3) is 3.58. The lowest BCUT2D eigenvalue weighted by Crippen LogP contribution is -2.03. The number of H-pyrrole nitrogens is 1. The second kappa shape index (κ2) is 6.67. The topological polar surface area (TPSA) is 63.7 Å². The maximum absolute atomic E-state index is 5.87. The third-order valence-corrected chi connectivity index (χ3v) is 3.18. The van der Waals surface area contributed by atoms with Crippen molar-refractivity contribution in [2.75, 3.05) is 0 Å². The Morgan fingerprint density at radius 1 is 1.00 bits per heavy atom. The Balaban J connectivity index is 1.71. The molecule has 22 heavy (non-hydrogen) atoms. The van der Waals surface area contributed by atoms with Gasteiger partial charge in [0.15, 0.2) is 0 Å². The van der Waals surface area contributed by atoms with Crippen molar-refractivity contribution in [3.05, 3.63) is 72.3 Å². The molecular formula is C17H16N4O. The van der Waals surface area contributed by atoms with Crippen LogP contribution in [0.1, 0.15) is 29.8 Å². The van der Waals surface area contributed by atoms with Crippen LogP contribution < -0.4 is 4.74 Å². The van der Waals surface area contributed by atoms with Crippen LogP contribution in [0.4, 0.5) is 0 Å². The molecule has 0 amide bonds. The predicted molar refractivity (Wildman–Crippen MR) is 85.0 cm³/mol. The van der Waals surface area contributed by atoms with E-state index < -0.39 is 0 Å². The summed E-state index contributed by atoms with van der Waals surface area (Å²) in [6.07, 6.45) is 14.3. The Labute approximate surface area is 128 Å². The zero-order valence-electron chi connectivity index (χ0n) is 12.2. The first kappa shape index (κ1) is 14.0. The minimum Gasteiger partial charge on any atom is -0.483 e. The summed E-state index contributed by atoms with van der Waals surface area (Å²) in [5, 5.41) is 0. The molecule has 110 valence electrons. The van der Waals surface area contributed by atoms with Crippen LogP contribution in [0, 0.1) is 0 Å². The van der Waals surface area contributed by atoms with E-state index in [4.69, 9.17) is 4.74 Å². The standard InChI is InChI=1S/C17H16N4O/c1-13(17-11-20-12-21-17)22-16-8-15(9-19-10-16)3-2-14-4-6-18-7-5-14/h2-13H,1H3,(H,20,21).